The zero-order valence-corrected chi connectivity index (χ0v) is 9.21. The summed E-state index contributed by atoms with van der Waals surface area (Å²) in [7, 11) is 1.52. The molecule has 0 bridgehead atoms. The number of methoxy groups -OCH3 is 1. The van der Waals surface area contributed by atoms with E-state index in [9.17, 15) is 9.59 Å². The third-order valence-corrected chi connectivity index (χ3v) is 2.27. The molecule has 0 amide bonds. The van der Waals surface area contributed by atoms with E-state index in [-0.39, 0.29) is 11.3 Å². The van der Waals surface area contributed by atoms with Crippen LogP contribution in [0.1, 0.15) is 17.0 Å². The average Bonchev–Trinajstić information content (AvgIpc) is 2.21. The van der Waals surface area contributed by atoms with Gasteiger partial charge in [0.25, 0.3) is 0 Å². The lowest BCUT2D eigenvalue weighted by Crippen LogP contribution is -2.22. The number of anilines is 1. The van der Waals surface area contributed by atoms with Gasteiger partial charge in [0.1, 0.15) is 0 Å². The van der Waals surface area contributed by atoms with Crippen LogP contribution in [0.25, 0.3) is 0 Å². The molecule has 0 aliphatic rings. The van der Waals surface area contributed by atoms with Crippen LogP contribution in [-0.4, -0.2) is 29.3 Å². The SMILES string of the molecule is COCc1ccc(C(C(=O)O)C(=O)O)c(N)c1. The number of nitrogen functional groups attached to an aromatic ring is 1. The van der Waals surface area contributed by atoms with Gasteiger partial charge in [-0.05, 0) is 11.6 Å². The van der Waals surface area contributed by atoms with Crippen molar-refractivity contribution in [2.45, 2.75) is 12.5 Å². The Morgan fingerprint density at radius 2 is 1.94 bits per heavy atom. The number of carboxylic acid groups (broad SMARTS) is 2. The van der Waals surface area contributed by atoms with Crippen LogP contribution in [0.15, 0.2) is 18.2 Å². The Bertz CT molecular complexity index is 429. The number of ether oxygens (including phenoxy) is 1. The van der Waals surface area contributed by atoms with Crippen molar-refractivity contribution in [2.24, 2.45) is 0 Å². The summed E-state index contributed by atoms with van der Waals surface area (Å²) in [5.74, 6) is -4.53. The third-order valence-electron chi connectivity index (χ3n) is 2.27. The molecule has 92 valence electrons. The Kier molecular flexibility index (Phi) is 4.06. The Morgan fingerprint density at radius 1 is 1.35 bits per heavy atom. The highest BCUT2D eigenvalue weighted by molar-refractivity contribution is 6.00. The molecular formula is C11H13NO5. The molecule has 0 atom stereocenters. The van der Waals surface area contributed by atoms with Gasteiger partial charge in [-0.15, -0.1) is 0 Å². The third kappa shape index (κ3) is 2.94. The molecule has 17 heavy (non-hydrogen) atoms. The van der Waals surface area contributed by atoms with Gasteiger partial charge in [0.15, 0.2) is 5.92 Å². The van der Waals surface area contributed by atoms with Crippen molar-refractivity contribution in [3.05, 3.63) is 29.3 Å². The molecule has 0 saturated carbocycles. The van der Waals surface area contributed by atoms with E-state index in [4.69, 9.17) is 20.7 Å². The second-order valence-corrected chi connectivity index (χ2v) is 3.51. The fraction of sp³-hybridized carbons (Fsp3) is 0.273. The van der Waals surface area contributed by atoms with Crippen molar-refractivity contribution in [3.63, 3.8) is 0 Å². The molecule has 0 fully saturated rings. The number of rotatable bonds is 5. The van der Waals surface area contributed by atoms with Gasteiger partial charge in [-0.25, -0.2) is 0 Å². The largest absolute Gasteiger partial charge is 0.480 e. The predicted molar refractivity (Wildman–Crippen MR) is 59.6 cm³/mol. The zero-order valence-electron chi connectivity index (χ0n) is 9.21. The summed E-state index contributed by atoms with van der Waals surface area (Å²) in [6, 6.07) is 4.50. The molecule has 0 heterocycles. The molecule has 0 radical (unpaired) electrons. The van der Waals surface area contributed by atoms with E-state index in [1.54, 1.807) is 6.07 Å². The van der Waals surface area contributed by atoms with Gasteiger partial charge in [0.2, 0.25) is 0 Å². The number of carboxylic acids is 2. The van der Waals surface area contributed by atoms with Gasteiger partial charge < -0.3 is 20.7 Å². The van der Waals surface area contributed by atoms with Crippen LogP contribution in [-0.2, 0) is 20.9 Å². The lowest BCUT2D eigenvalue weighted by Gasteiger charge is -2.12. The van der Waals surface area contributed by atoms with Gasteiger partial charge in [0.05, 0.1) is 6.61 Å². The fourth-order valence-corrected chi connectivity index (χ4v) is 1.52. The summed E-state index contributed by atoms with van der Waals surface area (Å²) >= 11 is 0. The number of aliphatic carboxylic acids is 2. The maximum Gasteiger partial charge on any atom is 0.322 e. The van der Waals surface area contributed by atoms with Crippen LogP contribution >= 0.6 is 0 Å². The quantitative estimate of drug-likeness (QED) is 0.514. The molecule has 4 N–H and O–H groups in total. The van der Waals surface area contributed by atoms with E-state index >= 15 is 0 Å². The second-order valence-electron chi connectivity index (χ2n) is 3.51. The first-order valence-electron chi connectivity index (χ1n) is 4.80. The Balaban J connectivity index is 3.13. The maximum atomic E-state index is 10.8. The van der Waals surface area contributed by atoms with E-state index in [1.165, 1.54) is 19.2 Å². The number of hydrogen-bond acceptors (Lipinski definition) is 4. The van der Waals surface area contributed by atoms with Gasteiger partial charge in [-0.1, -0.05) is 12.1 Å². The molecule has 1 rings (SSSR count). The molecule has 6 heteroatoms. The van der Waals surface area contributed by atoms with E-state index in [0.29, 0.717) is 6.61 Å². The maximum absolute atomic E-state index is 10.8. The summed E-state index contributed by atoms with van der Waals surface area (Å²) in [6.45, 7) is 0.329. The first kappa shape index (κ1) is 13.0. The van der Waals surface area contributed by atoms with Crippen molar-refractivity contribution in [2.75, 3.05) is 12.8 Å². The minimum atomic E-state index is -1.65. The van der Waals surface area contributed by atoms with E-state index in [2.05, 4.69) is 0 Å². The molecule has 0 unspecified atom stereocenters. The highest BCUT2D eigenvalue weighted by Crippen LogP contribution is 2.24. The van der Waals surface area contributed by atoms with E-state index < -0.39 is 17.9 Å². The molecule has 1 aromatic carbocycles. The van der Waals surface area contributed by atoms with Crippen molar-refractivity contribution in [3.8, 4) is 0 Å². The predicted octanol–water partition coefficient (Wildman–Crippen LogP) is 0.668. The van der Waals surface area contributed by atoms with Crippen LogP contribution in [0.3, 0.4) is 0 Å². The summed E-state index contributed by atoms with van der Waals surface area (Å²) < 4.78 is 4.89. The molecule has 0 aliphatic carbocycles. The summed E-state index contributed by atoms with van der Waals surface area (Å²) in [4.78, 5) is 21.7. The van der Waals surface area contributed by atoms with Crippen LogP contribution in [0.4, 0.5) is 5.69 Å². The van der Waals surface area contributed by atoms with Gasteiger partial charge in [0, 0.05) is 18.4 Å². The van der Waals surface area contributed by atoms with Gasteiger partial charge in [-0.2, -0.15) is 0 Å². The highest BCUT2D eigenvalue weighted by Gasteiger charge is 2.29. The first-order chi connectivity index (χ1) is 7.97. The number of hydrogen-bond donors (Lipinski definition) is 3. The van der Waals surface area contributed by atoms with E-state index in [0.717, 1.165) is 5.56 Å². The van der Waals surface area contributed by atoms with Crippen molar-refractivity contribution in [1.29, 1.82) is 0 Å². The van der Waals surface area contributed by atoms with Crippen LogP contribution in [0.2, 0.25) is 0 Å². The molecule has 0 saturated heterocycles. The second kappa shape index (κ2) is 5.31. The molecular weight excluding hydrogens is 226 g/mol. The smallest absolute Gasteiger partial charge is 0.322 e. The van der Waals surface area contributed by atoms with Gasteiger partial charge >= 0.3 is 11.9 Å². The lowest BCUT2D eigenvalue weighted by molar-refractivity contribution is -0.150. The van der Waals surface area contributed by atoms with Crippen LogP contribution in [0.5, 0.6) is 0 Å². The lowest BCUT2D eigenvalue weighted by atomic mass is 9.96. The highest BCUT2D eigenvalue weighted by atomic mass is 16.5. The monoisotopic (exact) mass is 239 g/mol. The Labute approximate surface area is 97.6 Å². The first-order valence-corrected chi connectivity index (χ1v) is 4.80. The molecule has 0 aliphatic heterocycles. The Morgan fingerprint density at radius 3 is 2.35 bits per heavy atom. The van der Waals surface area contributed by atoms with Crippen molar-refractivity contribution in [1.82, 2.24) is 0 Å². The molecule has 0 spiro atoms. The zero-order chi connectivity index (χ0) is 13.0. The average molecular weight is 239 g/mol. The summed E-state index contributed by atoms with van der Waals surface area (Å²) in [5.41, 5.74) is 6.61. The molecule has 1 aromatic rings. The Hall–Kier alpha value is -2.08. The van der Waals surface area contributed by atoms with Crippen LogP contribution < -0.4 is 5.73 Å². The van der Waals surface area contributed by atoms with Crippen molar-refractivity contribution >= 4 is 17.6 Å². The van der Waals surface area contributed by atoms with Crippen LogP contribution in [0, 0.1) is 0 Å². The molecule has 0 aromatic heterocycles. The standard InChI is InChI=1S/C11H13NO5/c1-17-5-6-2-3-7(8(12)4-6)9(10(13)14)11(15)16/h2-4,9H,5,12H2,1H3,(H,13,14)(H,15,16). The normalized spacial score (nSPS) is 10.5. The van der Waals surface area contributed by atoms with Gasteiger partial charge in [-0.3, -0.25) is 9.59 Å². The number of benzene rings is 1. The van der Waals surface area contributed by atoms with E-state index in [1.807, 2.05) is 0 Å². The summed E-state index contributed by atoms with van der Waals surface area (Å²) in [5, 5.41) is 17.7. The van der Waals surface area contributed by atoms with Crippen molar-refractivity contribution < 1.29 is 24.5 Å². The summed E-state index contributed by atoms with van der Waals surface area (Å²) in [6.07, 6.45) is 0. The minimum absolute atomic E-state index is 0.0739. The minimum Gasteiger partial charge on any atom is -0.480 e. The molecule has 6 nitrogen and oxygen atoms in total. The topological polar surface area (TPSA) is 110 Å². The number of nitrogens with two attached hydrogens (primary N) is 1. The number of carbonyl (C=O) groups is 2. The fourth-order valence-electron chi connectivity index (χ4n) is 1.52.